The van der Waals surface area contributed by atoms with Crippen LogP contribution in [0.3, 0.4) is 0 Å². The summed E-state index contributed by atoms with van der Waals surface area (Å²) in [6.07, 6.45) is 5.30. The number of carbonyl (C=O) groups is 1. The Hall–Kier alpha value is -3.23. The number of aliphatic imine (C=N–C) groups is 1. The van der Waals surface area contributed by atoms with Gasteiger partial charge in [-0.25, -0.2) is 9.98 Å². The first-order valence-corrected chi connectivity index (χ1v) is 12.5. The number of likely N-dealkylation sites (tertiary alicyclic amines) is 1. The van der Waals surface area contributed by atoms with E-state index in [1.807, 2.05) is 0 Å². The molecule has 2 aromatic rings. The van der Waals surface area contributed by atoms with Crippen LogP contribution in [-0.2, 0) is 28.9 Å². The molecule has 192 valence electrons. The summed E-state index contributed by atoms with van der Waals surface area (Å²) in [5, 5.41) is 9.08. The summed E-state index contributed by atoms with van der Waals surface area (Å²) in [5.74, 6) is 5.58. The SMILES string of the molecule is C=C(/N=C(\ON)c1cnc(N)c2c1CCC(C)(C)C2)c1cc(C)c(CCN2CC(C(=O)O)C2)c(C)c1. The number of nitrogens with two attached hydrogens (primary N) is 2. The second-order valence-electron chi connectivity index (χ2n) is 11.0. The van der Waals surface area contributed by atoms with Crippen molar-refractivity contribution in [3.63, 3.8) is 0 Å². The normalized spacial score (nSPS) is 17.9. The predicted octanol–water partition coefficient (Wildman–Crippen LogP) is 3.66. The van der Waals surface area contributed by atoms with Gasteiger partial charge in [-0.3, -0.25) is 4.79 Å². The highest BCUT2D eigenvalue weighted by Gasteiger charge is 2.32. The fraction of sp³-hybridized carbons (Fsp3) is 0.464. The summed E-state index contributed by atoms with van der Waals surface area (Å²) in [5.41, 5.74) is 14.3. The van der Waals surface area contributed by atoms with Gasteiger partial charge in [0.05, 0.1) is 17.2 Å². The van der Waals surface area contributed by atoms with Crippen LogP contribution in [0, 0.1) is 25.2 Å². The number of nitrogens with zero attached hydrogens (tertiary/aromatic N) is 3. The van der Waals surface area contributed by atoms with Gasteiger partial charge in [0, 0.05) is 31.4 Å². The standard InChI is InChI=1S/C28H37N5O3/c1-16-10-19(11-17(2)21(16)7-9-33-14-20(15-33)27(34)35)18(3)32-26(36-30)24-13-31-25(29)23-12-28(4,5)8-6-22(23)24/h10-11,13,20H,3,6-9,12,14-15,30H2,1-2,4-5H3,(H2,29,31)(H,34,35)/b32-26-. The minimum Gasteiger partial charge on any atom is -0.481 e. The molecule has 0 saturated carbocycles. The number of carboxylic acid groups (broad SMARTS) is 1. The number of fused-ring (bicyclic) bond motifs is 1. The van der Waals surface area contributed by atoms with Crippen molar-refractivity contribution in [2.75, 3.05) is 25.4 Å². The fourth-order valence-corrected chi connectivity index (χ4v) is 5.37. The second-order valence-corrected chi connectivity index (χ2v) is 11.0. The van der Waals surface area contributed by atoms with Gasteiger partial charge in [-0.05, 0) is 84.9 Å². The van der Waals surface area contributed by atoms with Gasteiger partial charge in [0.15, 0.2) is 0 Å². The molecule has 0 spiro atoms. The number of pyridine rings is 1. The van der Waals surface area contributed by atoms with Crippen molar-refractivity contribution >= 4 is 23.4 Å². The van der Waals surface area contributed by atoms with Crippen LogP contribution in [0.2, 0.25) is 0 Å². The van der Waals surface area contributed by atoms with Crippen molar-refractivity contribution in [3.8, 4) is 0 Å². The smallest absolute Gasteiger partial charge is 0.309 e. The van der Waals surface area contributed by atoms with E-state index in [2.05, 4.69) is 61.3 Å². The van der Waals surface area contributed by atoms with Crippen LogP contribution >= 0.6 is 0 Å². The minimum atomic E-state index is -0.707. The monoisotopic (exact) mass is 491 g/mol. The molecule has 2 aliphatic rings. The van der Waals surface area contributed by atoms with E-state index >= 15 is 0 Å². The van der Waals surface area contributed by atoms with Gasteiger partial charge in [-0.1, -0.05) is 20.4 Å². The largest absolute Gasteiger partial charge is 0.481 e. The summed E-state index contributed by atoms with van der Waals surface area (Å²) >= 11 is 0. The highest BCUT2D eigenvalue weighted by Crippen LogP contribution is 2.38. The van der Waals surface area contributed by atoms with E-state index in [1.54, 1.807) is 6.20 Å². The zero-order valence-corrected chi connectivity index (χ0v) is 21.7. The predicted molar refractivity (Wildman–Crippen MR) is 142 cm³/mol. The molecule has 1 aliphatic heterocycles. The van der Waals surface area contributed by atoms with Gasteiger partial charge >= 0.3 is 5.97 Å². The number of hydrogen-bond donors (Lipinski definition) is 3. The third kappa shape index (κ3) is 5.29. The molecule has 0 bridgehead atoms. The van der Waals surface area contributed by atoms with Gasteiger partial charge in [-0.15, -0.1) is 0 Å². The molecule has 1 aromatic heterocycles. The van der Waals surface area contributed by atoms with E-state index in [0.717, 1.165) is 65.6 Å². The molecule has 8 nitrogen and oxygen atoms in total. The molecule has 0 radical (unpaired) electrons. The zero-order valence-electron chi connectivity index (χ0n) is 21.7. The highest BCUT2D eigenvalue weighted by molar-refractivity contribution is 5.99. The molecule has 0 amide bonds. The number of benzene rings is 1. The number of rotatable bonds is 7. The lowest BCUT2D eigenvalue weighted by Gasteiger charge is -2.36. The zero-order chi connectivity index (χ0) is 26.2. The maximum Gasteiger partial charge on any atom is 0.309 e. The van der Waals surface area contributed by atoms with Gasteiger partial charge in [0.25, 0.3) is 0 Å². The van der Waals surface area contributed by atoms with E-state index in [9.17, 15) is 4.79 Å². The first-order chi connectivity index (χ1) is 17.0. The Labute approximate surface area is 213 Å². The van der Waals surface area contributed by atoms with Crippen molar-refractivity contribution in [1.29, 1.82) is 0 Å². The van der Waals surface area contributed by atoms with Crippen LogP contribution in [0.15, 0.2) is 29.9 Å². The molecule has 2 heterocycles. The van der Waals surface area contributed by atoms with Crippen LogP contribution in [0.5, 0.6) is 0 Å². The van der Waals surface area contributed by atoms with Gasteiger partial charge < -0.3 is 20.6 Å². The molecular weight excluding hydrogens is 454 g/mol. The number of aromatic nitrogens is 1. The Balaban J connectivity index is 1.54. The Morgan fingerprint density at radius 1 is 1.28 bits per heavy atom. The summed E-state index contributed by atoms with van der Waals surface area (Å²) in [6, 6.07) is 4.16. The number of anilines is 1. The van der Waals surface area contributed by atoms with Crippen LogP contribution in [-0.4, -0.2) is 46.5 Å². The van der Waals surface area contributed by atoms with Crippen LogP contribution in [0.1, 0.15) is 59.2 Å². The Kier molecular flexibility index (Phi) is 7.20. The first kappa shape index (κ1) is 25.9. The minimum absolute atomic E-state index is 0.163. The molecule has 36 heavy (non-hydrogen) atoms. The Morgan fingerprint density at radius 2 is 1.94 bits per heavy atom. The molecule has 1 aliphatic carbocycles. The maximum absolute atomic E-state index is 11.0. The molecule has 1 saturated heterocycles. The number of nitrogen functional groups attached to an aromatic ring is 1. The molecule has 0 unspecified atom stereocenters. The summed E-state index contributed by atoms with van der Waals surface area (Å²) in [6.45, 7) is 14.9. The van der Waals surface area contributed by atoms with Crippen LogP contribution in [0.4, 0.5) is 5.82 Å². The Bertz CT molecular complexity index is 1200. The van der Waals surface area contributed by atoms with Gasteiger partial charge in [0.1, 0.15) is 5.82 Å². The summed E-state index contributed by atoms with van der Waals surface area (Å²) < 4.78 is 0. The topological polar surface area (TPSA) is 127 Å². The number of aryl methyl sites for hydroxylation is 2. The van der Waals surface area contributed by atoms with Crippen molar-refractivity contribution in [2.45, 2.75) is 53.4 Å². The molecule has 1 aromatic carbocycles. The average Bonchev–Trinajstić information content (AvgIpc) is 2.77. The lowest BCUT2D eigenvalue weighted by Crippen LogP contribution is -2.50. The first-order valence-electron chi connectivity index (χ1n) is 12.5. The third-order valence-electron chi connectivity index (χ3n) is 7.63. The van der Waals surface area contributed by atoms with Crippen molar-refractivity contribution in [1.82, 2.24) is 9.88 Å². The van der Waals surface area contributed by atoms with Crippen LogP contribution < -0.4 is 11.6 Å². The lowest BCUT2D eigenvalue weighted by molar-refractivity contribution is -0.147. The third-order valence-corrected chi connectivity index (χ3v) is 7.63. The lowest BCUT2D eigenvalue weighted by atomic mass is 9.73. The average molecular weight is 492 g/mol. The van der Waals surface area contributed by atoms with E-state index in [-0.39, 0.29) is 17.2 Å². The molecule has 8 heteroatoms. The van der Waals surface area contributed by atoms with Crippen molar-refractivity contribution in [2.24, 2.45) is 22.2 Å². The Morgan fingerprint density at radius 3 is 2.56 bits per heavy atom. The van der Waals surface area contributed by atoms with E-state index in [0.29, 0.717) is 24.6 Å². The molecule has 4 rings (SSSR count). The molecular formula is C28H37N5O3. The van der Waals surface area contributed by atoms with Crippen LogP contribution in [0.25, 0.3) is 5.70 Å². The number of hydrogen-bond acceptors (Lipinski definition) is 7. The molecule has 0 atom stereocenters. The van der Waals surface area contributed by atoms with Crippen molar-refractivity contribution in [3.05, 3.63) is 63.9 Å². The van der Waals surface area contributed by atoms with Gasteiger partial charge in [-0.2, -0.15) is 5.90 Å². The fourth-order valence-electron chi connectivity index (χ4n) is 5.37. The maximum atomic E-state index is 11.0. The van der Waals surface area contributed by atoms with E-state index in [1.165, 1.54) is 5.56 Å². The summed E-state index contributed by atoms with van der Waals surface area (Å²) in [4.78, 5) is 27.5. The number of aliphatic carboxylic acids is 1. The number of carboxylic acids is 1. The highest BCUT2D eigenvalue weighted by atomic mass is 16.6. The van der Waals surface area contributed by atoms with Crippen molar-refractivity contribution < 1.29 is 14.7 Å². The molecule has 1 fully saturated rings. The van der Waals surface area contributed by atoms with Gasteiger partial charge in [0.2, 0.25) is 5.90 Å². The second kappa shape index (κ2) is 10.0. The molecule has 5 N–H and O–H groups in total. The van der Waals surface area contributed by atoms with E-state index in [4.69, 9.17) is 21.6 Å². The summed E-state index contributed by atoms with van der Waals surface area (Å²) in [7, 11) is 0. The van der Waals surface area contributed by atoms with E-state index < -0.39 is 5.97 Å². The quantitative estimate of drug-likeness (QED) is 0.306.